The number of hydrogen-bond acceptors (Lipinski definition) is 4. The first-order chi connectivity index (χ1) is 5.70. The minimum atomic E-state index is -0.902. The molecule has 0 saturated carbocycles. The quantitative estimate of drug-likeness (QED) is 0.275. The first-order valence-corrected chi connectivity index (χ1v) is 4.88. The van der Waals surface area contributed by atoms with Crippen molar-refractivity contribution in [3.05, 3.63) is 11.6 Å². The Morgan fingerprint density at radius 1 is 1.33 bits per heavy atom. The van der Waals surface area contributed by atoms with Gasteiger partial charge in [0, 0.05) is 5.71 Å². The van der Waals surface area contributed by atoms with Gasteiger partial charge < -0.3 is 14.0 Å². The van der Waals surface area contributed by atoms with Crippen LogP contribution in [0.15, 0.2) is 16.8 Å². The summed E-state index contributed by atoms with van der Waals surface area (Å²) in [6, 6.07) is 0. The second-order valence-corrected chi connectivity index (χ2v) is 3.58. The van der Waals surface area contributed by atoms with Crippen LogP contribution in [-0.4, -0.2) is 29.7 Å². The van der Waals surface area contributed by atoms with Gasteiger partial charge in [0.15, 0.2) is 0 Å². The smallest absolute Gasteiger partial charge is 0.329 e. The Hall–Kier alpha value is -0.973. The lowest BCUT2D eigenvalue weighted by Gasteiger charge is -2.03. The second-order valence-electron chi connectivity index (χ2n) is 2.34. The van der Waals surface area contributed by atoms with E-state index < -0.39 is 9.76 Å². The third-order valence-electron chi connectivity index (χ3n) is 0.965. The number of oxime groups is 1. The number of hydrogen-bond donors (Lipinski definition) is 0. The molecule has 0 aliphatic rings. The topological polar surface area (TPSA) is 40.0 Å². The summed E-state index contributed by atoms with van der Waals surface area (Å²) in [5.74, 6) is 0. The molecule has 0 aromatic rings. The Morgan fingerprint density at radius 2 is 2.00 bits per heavy atom. The third kappa shape index (κ3) is 5.78. The monoisotopic (exact) mass is 189 g/mol. The second kappa shape index (κ2) is 6.72. The summed E-state index contributed by atoms with van der Waals surface area (Å²) in [6.45, 7) is 3.75. The Balaban J connectivity index is 3.74. The molecular formula is C7H15NO3Si. The largest absolute Gasteiger partial charge is 0.501 e. The van der Waals surface area contributed by atoms with Crippen molar-refractivity contribution < 1.29 is 14.0 Å². The predicted molar refractivity (Wildman–Crippen MR) is 50.5 cm³/mol. The number of nitrogens with zero attached hydrogens (tertiary/aromatic N) is 1. The van der Waals surface area contributed by atoms with Crippen molar-refractivity contribution in [2.24, 2.45) is 5.16 Å². The first-order valence-electron chi connectivity index (χ1n) is 3.59. The van der Waals surface area contributed by atoms with E-state index in [1.807, 2.05) is 13.8 Å². The molecule has 0 amide bonds. The van der Waals surface area contributed by atoms with Crippen LogP contribution in [0.2, 0.25) is 0 Å². The van der Waals surface area contributed by atoms with Gasteiger partial charge in [0.05, 0.1) is 14.2 Å². The molecule has 0 aliphatic heterocycles. The molecule has 0 bridgehead atoms. The van der Waals surface area contributed by atoms with Crippen LogP contribution in [0.4, 0.5) is 0 Å². The molecule has 4 nitrogen and oxygen atoms in total. The van der Waals surface area contributed by atoms with Gasteiger partial charge >= 0.3 is 9.76 Å². The van der Waals surface area contributed by atoms with Crippen molar-refractivity contribution in [2.75, 3.05) is 14.2 Å². The van der Waals surface area contributed by atoms with Gasteiger partial charge in [-0.25, -0.2) is 0 Å². The predicted octanol–water partition coefficient (Wildman–Crippen LogP) is 0.574. The molecule has 0 fully saturated rings. The minimum Gasteiger partial charge on any atom is -0.501 e. The maximum Gasteiger partial charge on any atom is 0.329 e. The van der Waals surface area contributed by atoms with Crippen LogP contribution in [0.5, 0.6) is 0 Å². The molecule has 0 unspecified atom stereocenters. The number of rotatable bonds is 5. The van der Waals surface area contributed by atoms with Crippen LogP contribution >= 0.6 is 0 Å². The molecule has 0 saturated heterocycles. The van der Waals surface area contributed by atoms with Crippen LogP contribution in [-0.2, 0) is 14.0 Å². The molecule has 0 aliphatic carbocycles. The molecule has 5 heteroatoms. The lowest BCUT2D eigenvalue weighted by molar-refractivity contribution is 0.256. The van der Waals surface area contributed by atoms with E-state index >= 15 is 0 Å². The normalized spacial score (nSPS) is 11.5. The average Bonchev–Trinajstić information content (AvgIpc) is 2.02. The number of ether oxygens (including phenoxy) is 2. The summed E-state index contributed by atoms with van der Waals surface area (Å²) in [4.78, 5) is 0. The van der Waals surface area contributed by atoms with Crippen LogP contribution in [0.25, 0.3) is 0 Å². The molecule has 0 spiro atoms. The summed E-state index contributed by atoms with van der Waals surface area (Å²) in [5.41, 5.74) is 0.898. The van der Waals surface area contributed by atoms with E-state index in [4.69, 9.17) is 14.0 Å². The fraction of sp³-hybridized carbons (Fsp3) is 0.571. The third-order valence-corrected chi connectivity index (χ3v) is 1.96. The Morgan fingerprint density at radius 3 is 2.42 bits per heavy atom. The Labute approximate surface area is 75.1 Å². The Kier molecular flexibility index (Phi) is 6.17. The zero-order chi connectivity index (χ0) is 9.40. The van der Waals surface area contributed by atoms with Gasteiger partial charge in [0.1, 0.15) is 11.6 Å². The van der Waals surface area contributed by atoms with Crippen molar-refractivity contribution >= 4 is 15.5 Å². The van der Waals surface area contributed by atoms with Crippen LogP contribution in [0, 0.1) is 0 Å². The summed E-state index contributed by atoms with van der Waals surface area (Å²) < 4.78 is 14.8. The Bertz CT molecular complexity index is 175. The van der Waals surface area contributed by atoms with Crippen LogP contribution in [0.1, 0.15) is 13.8 Å². The lowest BCUT2D eigenvalue weighted by atomic mass is 10.5. The van der Waals surface area contributed by atoms with Crippen molar-refractivity contribution in [3.8, 4) is 0 Å². The van der Waals surface area contributed by atoms with E-state index in [9.17, 15) is 0 Å². The molecule has 0 radical (unpaired) electrons. The van der Waals surface area contributed by atoms with Crippen molar-refractivity contribution in [2.45, 2.75) is 13.8 Å². The summed E-state index contributed by atoms with van der Waals surface area (Å²) >= 11 is 0. The highest BCUT2D eigenvalue weighted by Gasteiger charge is 1.97. The van der Waals surface area contributed by atoms with Gasteiger partial charge in [-0.3, -0.25) is 0 Å². The zero-order valence-electron chi connectivity index (χ0n) is 7.96. The molecule has 0 aromatic carbocycles. The molecular weight excluding hydrogens is 174 g/mol. The number of methoxy groups -OCH3 is 2. The maximum atomic E-state index is 5.05. The summed E-state index contributed by atoms with van der Waals surface area (Å²) in [5, 5.41) is 4.54. The van der Waals surface area contributed by atoms with E-state index in [0.29, 0.717) is 0 Å². The van der Waals surface area contributed by atoms with Gasteiger partial charge in [0.2, 0.25) is 0 Å². The van der Waals surface area contributed by atoms with Crippen molar-refractivity contribution in [3.63, 3.8) is 0 Å². The molecule has 0 rings (SSSR count). The molecule has 70 valence electrons. The molecule has 0 atom stereocenters. The van der Waals surface area contributed by atoms with Crippen molar-refractivity contribution in [1.82, 2.24) is 0 Å². The standard InChI is InChI=1S/C7H15NO3Si/c1-6(2)8-11-12-7(10-4)5-9-3/h5H,12H2,1-4H3. The van der Waals surface area contributed by atoms with Gasteiger partial charge in [-0.15, -0.1) is 5.16 Å². The highest BCUT2D eigenvalue weighted by molar-refractivity contribution is 6.36. The summed E-state index contributed by atoms with van der Waals surface area (Å²) in [6.07, 6.45) is 1.53. The van der Waals surface area contributed by atoms with Gasteiger partial charge in [0.25, 0.3) is 0 Å². The molecule has 0 aromatic heterocycles. The first kappa shape index (κ1) is 11.0. The highest BCUT2D eigenvalue weighted by atomic mass is 28.2. The van der Waals surface area contributed by atoms with Gasteiger partial charge in [-0.1, -0.05) is 0 Å². The SMILES string of the molecule is COC=C(OC)[SiH2]ON=C(C)C. The van der Waals surface area contributed by atoms with Crippen molar-refractivity contribution in [1.29, 1.82) is 0 Å². The lowest BCUT2D eigenvalue weighted by Crippen LogP contribution is -2.02. The van der Waals surface area contributed by atoms with E-state index in [1.54, 1.807) is 14.2 Å². The van der Waals surface area contributed by atoms with Crippen LogP contribution in [0.3, 0.4) is 0 Å². The van der Waals surface area contributed by atoms with E-state index in [2.05, 4.69) is 5.16 Å². The molecule has 0 N–H and O–H groups in total. The van der Waals surface area contributed by atoms with E-state index in [0.717, 1.165) is 11.1 Å². The van der Waals surface area contributed by atoms with Crippen LogP contribution < -0.4 is 0 Å². The average molecular weight is 189 g/mol. The zero-order valence-corrected chi connectivity index (χ0v) is 9.37. The summed E-state index contributed by atoms with van der Waals surface area (Å²) in [7, 11) is 2.26. The maximum absolute atomic E-state index is 5.05. The van der Waals surface area contributed by atoms with E-state index in [1.165, 1.54) is 6.26 Å². The van der Waals surface area contributed by atoms with Gasteiger partial charge in [-0.05, 0) is 13.8 Å². The molecule has 0 heterocycles. The fourth-order valence-corrected chi connectivity index (χ4v) is 1.30. The fourth-order valence-electron chi connectivity index (χ4n) is 0.497. The minimum absolute atomic E-state index is 0.738. The van der Waals surface area contributed by atoms with E-state index in [-0.39, 0.29) is 0 Å². The molecule has 12 heavy (non-hydrogen) atoms. The highest BCUT2D eigenvalue weighted by Crippen LogP contribution is 1.93. The van der Waals surface area contributed by atoms with Gasteiger partial charge in [-0.2, -0.15) is 0 Å².